The smallest absolute Gasteiger partial charge is 0.411 e. The van der Waals surface area contributed by atoms with Gasteiger partial charge in [0.05, 0.1) is 11.8 Å². The molecule has 5 atom stereocenters. The number of ether oxygens (including phenoxy) is 1. The molecule has 2 aliphatic rings. The monoisotopic (exact) mass is 421 g/mol. The summed E-state index contributed by atoms with van der Waals surface area (Å²) in [6, 6.07) is -0.960. The van der Waals surface area contributed by atoms with Gasteiger partial charge >= 0.3 is 6.09 Å². The first-order valence-corrected chi connectivity index (χ1v) is 12.2. The molecule has 0 radical (unpaired) electrons. The number of cyclic esters (lactones) is 1. The van der Waals surface area contributed by atoms with E-state index in [0.717, 1.165) is 30.6 Å². The standard InChI is InChI=1S/C19H35NO7S/c1-2-3-4-5-6-7-8-9-10-11-12-28(25,26)18-17(23)16(22)15(21)14-13-27-19(24)20(14)18/h14-18,21-23H,2-13H2,1H3/t14-,15-,16+,17+,18-/m1/s1. The highest BCUT2D eigenvalue weighted by Gasteiger charge is 2.57. The summed E-state index contributed by atoms with van der Waals surface area (Å²) in [5.41, 5.74) is 0. The Balaban J connectivity index is 1.79. The van der Waals surface area contributed by atoms with Crippen molar-refractivity contribution in [3.63, 3.8) is 0 Å². The van der Waals surface area contributed by atoms with Crippen molar-refractivity contribution in [2.75, 3.05) is 12.4 Å². The molecule has 0 aromatic carbocycles. The fraction of sp³-hybridized carbons (Fsp3) is 0.947. The van der Waals surface area contributed by atoms with Crippen LogP contribution in [0.1, 0.15) is 71.1 Å². The van der Waals surface area contributed by atoms with Crippen LogP contribution in [0, 0.1) is 0 Å². The maximum Gasteiger partial charge on any atom is 0.411 e. The quantitative estimate of drug-likeness (QED) is 0.409. The summed E-state index contributed by atoms with van der Waals surface area (Å²) in [5, 5.41) is 28.7. The van der Waals surface area contributed by atoms with Crippen LogP contribution in [-0.4, -0.2) is 76.8 Å². The van der Waals surface area contributed by atoms with Gasteiger partial charge < -0.3 is 20.1 Å². The van der Waals surface area contributed by atoms with Gasteiger partial charge in [0.1, 0.15) is 24.9 Å². The van der Waals surface area contributed by atoms with E-state index < -0.39 is 45.7 Å². The Bertz CT molecular complexity index is 597. The molecule has 9 heteroatoms. The van der Waals surface area contributed by atoms with Gasteiger partial charge in [-0.05, 0) is 6.42 Å². The number of aliphatic hydroxyl groups is 3. The molecule has 0 aliphatic carbocycles. The molecule has 0 spiro atoms. The fourth-order valence-corrected chi connectivity index (χ4v) is 6.08. The minimum atomic E-state index is -3.88. The van der Waals surface area contributed by atoms with E-state index in [0.29, 0.717) is 6.42 Å². The summed E-state index contributed by atoms with van der Waals surface area (Å²) in [6.45, 7) is 1.99. The third-order valence-corrected chi connectivity index (χ3v) is 7.86. The summed E-state index contributed by atoms with van der Waals surface area (Å²) in [7, 11) is -3.88. The Hall–Kier alpha value is -0.900. The average Bonchev–Trinajstić information content (AvgIpc) is 3.02. The molecule has 8 nitrogen and oxygen atoms in total. The number of carbonyl (C=O) groups excluding carboxylic acids is 1. The number of nitrogens with zero attached hydrogens (tertiary/aromatic N) is 1. The van der Waals surface area contributed by atoms with Gasteiger partial charge in [-0.1, -0.05) is 64.7 Å². The number of sulfone groups is 1. The van der Waals surface area contributed by atoms with Crippen LogP contribution in [0.15, 0.2) is 0 Å². The van der Waals surface area contributed by atoms with E-state index in [1.54, 1.807) is 0 Å². The second kappa shape index (κ2) is 10.8. The lowest BCUT2D eigenvalue weighted by molar-refractivity contribution is -0.126. The number of carbonyl (C=O) groups is 1. The second-order valence-corrected chi connectivity index (χ2v) is 10.2. The number of amides is 1. The molecule has 2 aliphatic heterocycles. The summed E-state index contributed by atoms with van der Waals surface area (Å²) in [5.74, 6) is -0.176. The zero-order chi connectivity index (χ0) is 20.7. The third kappa shape index (κ3) is 5.58. The minimum Gasteiger partial charge on any atom is -0.447 e. The van der Waals surface area contributed by atoms with Crippen LogP contribution in [0.4, 0.5) is 4.79 Å². The second-order valence-electron chi connectivity index (χ2n) is 7.96. The summed E-state index contributed by atoms with van der Waals surface area (Å²) >= 11 is 0. The molecule has 2 fully saturated rings. The van der Waals surface area contributed by atoms with Crippen molar-refractivity contribution in [1.82, 2.24) is 4.90 Å². The van der Waals surface area contributed by atoms with Gasteiger partial charge in [-0.2, -0.15) is 0 Å². The van der Waals surface area contributed by atoms with Crippen molar-refractivity contribution >= 4 is 15.9 Å². The molecule has 164 valence electrons. The highest BCUT2D eigenvalue weighted by Crippen LogP contribution is 2.33. The Morgan fingerprint density at radius 1 is 0.893 bits per heavy atom. The van der Waals surface area contributed by atoms with Crippen LogP contribution in [-0.2, 0) is 14.6 Å². The van der Waals surface area contributed by atoms with Crippen LogP contribution in [0.25, 0.3) is 0 Å². The maximum atomic E-state index is 12.8. The van der Waals surface area contributed by atoms with Crippen LogP contribution in [0.3, 0.4) is 0 Å². The van der Waals surface area contributed by atoms with Crippen LogP contribution in [0.5, 0.6) is 0 Å². The minimum absolute atomic E-state index is 0.176. The summed E-state index contributed by atoms with van der Waals surface area (Å²) < 4.78 is 30.4. The zero-order valence-electron chi connectivity index (χ0n) is 16.7. The van der Waals surface area contributed by atoms with Crippen molar-refractivity contribution in [2.45, 2.75) is 101 Å². The number of unbranched alkanes of at least 4 members (excludes halogenated alkanes) is 9. The third-order valence-electron chi connectivity index (χ3n) is 5.76. The van der Waals surface area contributed by atoms with Crippen molar-refractivity contribution in [3.05, 3.63) is 0 Å². The zero-order valence-corrected chi connectivity index (χ0v) is 17.5. The topological polar surface area (TPSA) is 124 Å². The van der Waals surface area contributed by atoms with Gasteiger partial charge in [0.15, 0.2) is 15.2 Å². The van der Waals surface area contributed by atoms with Gasteiger partial charge in [0, 0.05) is 0 Å². The van der Waals surface area contributed by atoms with Crippen molar-refractivity contribution in [3.8, 4) is 0 Å². The lowest BCUT2D eigenvalue weighted by atomic mass is 9.95. The molecule has 0 saturated carbocycles. The van der Waals surface area contributed by atoms with Crippen molar-refractivity contribution < 1.29 is 33.3 Å². The Morgan fingerprint density at radius 3 is 2.00 bits per heavy atom. The van der Waals surface area contributed by atoms with Crippen LogP contribution < -0.4 is 0 Å². The van der Waals surface area contributed by atoms with E-state index in [1.807, 2.05) is 0 Å². The molecule has 3 N–H and O–H groups in total. The Kier molecular flexibility index (Phi) is 8.98. The highest BCUT2D eigenvalue weighted by atomic mass is 32.2. The lowest BCUT2D eigenvalue weighted by Crippen LogP contribution is -2.67. The molecule has 1 amide bonds. The number of piperidine rings is 1. The first kappa shape index (κ1) is 23.4. The van der Waals surface area contributed by atoms with Crippen LogP contribution in [0.2, 0.25) is 0 Å². The van der Waals surface area contributed by atoms with Gasteiger partial charge in [0.2, 0.25) is 0 Å². The molecule has 0 aromatic heterocycles. The van der Waals surface area contributed by atoms with Crippen molar-refractivity contribution in [1.29, 1.82) is 0 Å². The van der Waals surface area contributed by atoms with E-state index in [2.05, 4.69) is 6.92 Å². The van der Waals surface area contributed by atoms with Gasteiger partial charge in [-0.15, -0.1) is 0 Å². The Morgan fingerprint density at radius 2 is 1.43 bits per heavy atom. The van der Waals surface area contributed by atoms with Gasteiger partial charge in [-0.25, -0.2) is 13.2 Å². The summed E-state index contributed by atoms with van der Waals surface area (Å²) in [6.07, 6.45) is 4.92. The van der Waals surface area contributed by atoms with E-state index in [1.165, 1.54) is 32.1 Å². The van der Waals surface area contributed by atoms with E-state index in [9.17, 15) is 28.5 Å². The molecule has 0 unspecified atom stereocenters. The predicted molar refractivity (Wildman–Crippen MR) is 104 cm³/mol. The SMILES string of the molecule is CCCCCCCCCCCCS(=O)(=O)[C@@H]1[C@@H](O)[C@@H](O)[C@H](O)[C@H]2COC(=O)N21. The van der Waals surface area contributed by atoms with Gasteiger partial charge in [0.25, 0.3) is 0 Å². The van der Waals surface area contributed by atoms with Gasteiger partial charge in [-0.3, -0.25) is 4.90 Å². The first-order chi connectivity index (χ1) is 13.3. The molecular weight excluding hydrogens is 386 g/mol. The normalized spacial score (nSPS) is 30.4. The average molecular weight is 422 g/mol. The number of hydrogen-bond donors (Lipinski definition) is 3. The molecular formula is C19H35NO7S. The Labute approximate surface area is 167 Å². The number of hydrogen-bond acceptors (Lipinski definition) is 7. The molecule has 2 rings (SSSR count). The van der Waals surface area contributed by atoms with E-state index >= 15 is 0 Å². The van der Waals surface area contributed by atoms with E-state index in [-0.39, 0.29) is 12.4 Å². The lowest BCUT2D eigenvalue weighted by Gasteiger charge is -2.43. The maximum absolute atomic E-state index is 12.8. The molecule has 0 bridgehead atoms. The molecule has 2 heterocycles. The molecule has 0 aromatic rings. The highest BCUT2D eigenvalue weighted by molar-refractivity contribution is 7.92. The van der Waals surface area contributed by atoms with E-state index in [4.69, 9.17) is 4.74 Å². The largest absolute Gasteiger partial charge is 0.447 e. The van der Waals surface area contributed by atoms with Crippen LogP contribution >= 0.6 is 0 Å². The van der Waals surface area contributed by atoms with Crippen molar-refractivity contribution in [2.24, 2.45) is 0 Å². The first-order valence-electron chi connectivity index (χ1n) is 10.5. The predicted octanol–water partition coefficient (Wildman–Crippen LogP) is 1.57. The number of aliphatic hydroxyl groups excluding tert-OH is 3. The molecule has 28 heavy (non-hydrogen) atoms. The fourth-order valence-electron chi connectivity index (χ4n) is 4.06. The summed E-state index contributed by atoms with van der Waals surface area (Å²) in [4.78, 5) is 12.8. The number of fused-ring (bicyclic) bond motifs is 1. The number of rotatable bonds is 12. The molecule has 2 saturated heterocycles.